The number of sulfonamides is 1. The average Bonchev–Trinajstić information content (AvgIpc) is 3.14. The maximum Gasteiger partial charge on any atom is 0.337 e. The fourth-order valence-electron chi connectivity index (χ4n) is 2.30. The monoisotopic (exact) mass is 392 g/mol. The van der Waals surface area contributed by atoms with Gasteiger partial charge in [-0.3, -0.25) is 4.79 Å². The van der Waals surface area contributed by atoms with Gasteiger partial charge in [0.05, 0.1) is 24.1 Å². The van der Waals surface area contributed by atoms with Crippen LogP contribution in [-0.2, 0) is 19.6 Å². The number of nitrogens with one attached hydrogen (secondary N) is 2. The highest BCUT2D eigenvalue weighted by Gasteiger charge is 2.21. The lowest BCUT2D eigenvalue weighted by molar-refractivity contribution is -0.115. The van der Waals surface area contributed by atoms with E-state index in [9.17, 15) is 18.0 Å². The van der Waals surface area contributed by atoms with Crippen molar-refractivity contribution in [1.82, 2.24) is 4.72 Å². The van der Waals surface area contributed by atoms with E-state index >= 15 is 0 Å². The molecular weight excluding hydrogens is 376 g/mol. The quantitative estimate of drug-likeness (QED) is 0.707. The molecule has 0 aromatic heterocycles. The van der Waals surface area contributed by atoms with Crippen molar-refractivity contribution in [2.24, 2.45) is 0 Å². The molecule has 1 amide bonds. The fraction of sp³-hybridized carbons (Fsp3) is 0.176. The number of esters is 1. The van der Waals surface area contributed by atoms with Gasteiger partial charge in [-0.2, -0.15) is 0 Å². The summed E-state index contributed by atoms with van der Waals surface area (Å²) >= 11 is 0. The SMILES string of the molecule is COC(=O)c1ccc(NC(=O)CNS(=O)(=O)c2ccc3c(c2)OCO3)cc1. The minimum Gasteiger partial charge on any atom is -0.465 e. The zero-order valence-electron chi connectivity index (χ0n) is 14.2. The van der Waals surface area contributed by atoms with E-state index in [1.807, 2.05) is 0 Å². The topological polar surface area (TPSA) is 120 Å². The molecule has 9 nitrogen and oxygen atoms in total. The van der Waals surface area contributed by atoms with Crippen molar-refractivity contribution in [3.63, 3.8) is 0 Å². The van der Waals surface area contributed by atoms with Crippen molar-refractivity contribution in [1.29, 1.82) is 0 Å². The molecule has 2 N–H and O–H groups in total. The van der Waals surface area contributed by atoms with Gasteiger partial charge in [0.25, 0.3) is 0 Å². The fourth-order valence-corrected chi connectivity index (χ4v) is 3.30. The summed E-state index contributed by atoms with van der Waals surface area (Å²) in [6, 6.07) is 10.2. The van der Waals surface area contributed by atoms with E-state index < -0.39 is 28.4 Å². The zero-order valence-corrected chi connectivity index (χ0v) is 15.0. The third-order valence-electron chi connectivity index (χ3n) is 3.67. The summed E-state index contributed by atoms with van der Waals surface area (Å²) in [6.45, 7) is -0.432. The first kappa shape index (κ1) is 18.7. The summed E-state index contributed by atoms with van der Waals surface area (Å²) in [7, 11) is -2.63. The van der Waals surface area contributed by atoms with Crippen LogP contribution in [0.2, 0.25) is 0 Å². The Morgan fingerprint density at radius 3 is 2.48 bits per heavy atom. The van der Waals surface area contributed by atoms with E-state index in [0.29, 0.717) is 22.7 Å². The second-order valence-electron chi connectivity index (χ2n) is 5.46. The van der Waals surface area contributed by atoms with Crippen LogP contribution in [0, 0.1) is 0 Å². The molecule has 0 bridgehead atoms. The van der Waals surface area contributed by atoms with Crippen LogP contribution in [0.5, 0.6) is 11.5 Å². The predicted octanol–water partition coefficient (Wildman–Crippen LogP) is 1.12. The van der Waals surface area contributed by atoms with Gasteiger partial charge in [-0.15, -0.1) is 0 Å². The van der Waals surface area contributed by atoms with Crippen molar-refractivity contribution in [3.05, 3.63) is 48.0 Å². The molecule has 142 valence electrons. The Balaban J connectivity index is 1.59. The molecule has 1 aliphatic heterocycles. The number of benzene rings is 2. The summed E-state index contributed by atoms with van der Waals surface area (Å²) in [5.41, 5.74) is 0.744. The number of carbonyl (C=O) groups is 2. The van der Waals surface area contributed by atoms with Gasteiger partial charge in [0.1, 0.15) is 0 Å². The average molecular weight is 392 g/mol. The van der Waals surface area contributed by atoms with Gasteiger partial charge in [-0.1, -0.05) is 0 Å². The molecule has 0 unspecified atom stereocenters. The van der Waals surface area contributed by atoms with Crippen LogP contribution in [0.15, 0.2) is 47.4 Å². The molecule has 0 spiro atoms. The normalized spacial score (nSPS) is 12.5. The molecule has 2 aromatic carbocycles. The van der Waals surface area contributed by atoms with Crippen LogP contribution in [0.4, 0.5) is 5.69 Å². The minimum absolute atomic E-state index is 0.0312. The predicted molar refractivity (Wildman–Crippen MR) is 94.2 cm³/mol. The molecule has 10 heteroatoms. The Hall–Kier alpha value is -3.11. The second-order valence-corrected chi connectivity index (χ2v) is 7.22. The van der Waals surface area contributed by atoms with Crippen molar-refractivity contribution in [3.8, 4) is 11.5 Å². The molecule has 0 radical (unpaired) electrons. The summed E-state index contributed by atoms with van der Waals surface area (Å²) < 4.78 is 41.7. The Morgan fingerprint density at radius 2 is 1.78 bits per heavy atom. The third kappa shape index (κ3) is 4.36. The number of hydrogen-bond acceptors (Lipinski definition) is 7. The van der Waals surface area contributed by atoms with Crippen molar-refractivity contribution in [2.45, 2.75) is 4.90 Å². The number of ether oxygens (including phenoxy) is 3. The minimum atomic E-state index is -3.90. The zero-order chi connectivity index (χ0) is 19.4. The Labute approximate surface area is 155 Å². The van der Waals surface area contributed by atoms with Gasteiger partial charge in [-0.25, -0.2) is 17.9 Å². The Kier molecular flexibility index (Phi) is 5.28. The first-order valence-electron chi connectivity index (χ1n) is 7.76. The number of anilines is 1. The second kappa shape index (κ2) is 7.64. The first-order chi connectivity index (χ1) is 12.9. The number of methoxy groups -OCH3 is 1. The van der Waals surface area contributed by atoms with Gasteiger partial charge in [-0.05, 0) is 36.4 Å². The third-order valence-corrected chi connectivity index (χ3v) is 5.07. The van der Waals surface area contributed by atoms with Gasteiger partial charge in [0, 0.05) is 11.8 Å². The lowest BCUT2D eigenvalue weighted by atomic mass is 10.2. The van der Waals surface area contributed by atoms with Crippen LogP contribution in [0.1, 0.15) is 10.4 Å². The van der Waals surface area contributed by atoms with Crippen molar-refractivity contribution in [2.75, 3.05) is 25.8 Å². The van der Waals surface area contributed by atoms with Crippen LogP contribution >= 0.6 is 0 Å². The van der Waals surface area contributed by atoms with E-state index in [4.69, 9.17) is 9.47 Å². The molecule has 0 saturated heterocycles. The Morgan fingerprint density at radius 1 is 1.07 bits per heavy atom. The standard InChI is InChI=1S/C17H16N2O7S/c1-24-17(21)11-2-4-12(5-3-11)19-16(20)9-18-27(22,23)13-6-7-14-15(8-13)26-10-25-14/h2-8,18H,9-10H2,1H3,(H,19,20). The van der Waals surface area contributed by atoms with Crippen LogP contribution in [0.3, 0.4) is 0 Å². The number of amides is 1. The van der Waals surface area contributed by atoms with Crippen molar-refractivity contribution < 1.29 is 32.2 Å². The first-order valence-corrected chi connectivity index (χ1v) is 9.25. The summed E-state index contributed by atoms with van der Waals surface area (Å²) in [5.74, 6) is -0.274. The van der Waals surface area contributed by atoms with Crippen LogP contribution < -0.4 is 19.5 Å². The molecule has 0 fully saturated rings. The smallest absolute Gasteiger partial charge is 0.337 e. The molecule has 0 aliphatic carbocycles. The summed E-state index contributed by atoms with van der Waals surface area (Å²) in [5, 5.41) is 2.53. The molecule has 2 aromatic rings. The lowest BCUT2D eigenvalue weighted by Gasteiger charge is -2.09. The molecule has 3 rings (SSSR count). The number of fused-ring (bicyclic) bond motifs is 1. The Bertz CT molecular complexity index is 971. The van der Waals surface area contributed by atoms with E-state index in [0.717, 1.165) is 0 Å². The lowest BCUT2D eigenvalue weighted by Crippen LogP contribution is -2.32. The summed E-state index contributed by atoms with van der Waals surface area (Å²) in [6.07, 6.45) is 0. The molecule has 27 heavy (non-hydrogen) atoms. The van der Waals surface area contributed by atoms with Gasteiger partial charge < -0.3 is 19.5 Å². The molecule has 0 atom stereocenters. The van der Waals surface area contributed by atoms with Gasteiger partial charge >= 0.3 is 5.97 Å². The molecule has 0 saturated carbocycles. The molecule has 1 aliphatic rings. The molecule has 1 heterocycles. The number of hydrogen-bond donors (Lipinski definition) is 2. The molecular formula is C17H16N2O7S. The van der Waals surface area contributed by atoms with Gasteiger partial charge in [0.15, 0.2) is 11.5 Å². The van der Waals surface area contributed by atoms with E-state index in [1.54, 1.807) is 0 Å². The highest BCUT2D eigenvalue weighted by atomic mass is 32.2. The van der Waals surface area contributed by atoms with Crippen molar-refractivity contribution >= 4 is 27.6 Å². The maximum atomic E-state index is 12.3. The van der Waals surface area contributed by atoms with E-state index in [-0.39, 0.29) is 11.7 Å². The van der Waals surface area contributed by atoms with E-state index in [2.05, 4.69) is 14.8 Å². The maximum absolute atomic E-state index is 12.3. The number of rotatable bonds is 6. The van der Waals surface area contributed by atoms with Crippen LogP contribution in [0.25, 0.3) is 0 Å². The summed E-state index contributed by atoms with van der Waals surface area (Å²) in [4.78, 5) is 23.3. The number of carbonyl (C=O) groups excluding carboxylic acids is 2. The van der Waals surface area contributed by atoms with Gasteiger partial charge in [0.2, 0.25) is 22.7 Å². The van der Waals surface area contributed by atoms with E-state index in [1.165, 1.54) is 49.6 Å². The van der Waals surface area contributed by atoms with Crippen LogP contribution in [-0.4, -0.2) is 40.7 Å². The highest BCUT2D eigenvalue weighted by Crippen LogP contribution is 2.33. The highest BCUT2D eigenvalue weighted by molar-refractivity contribution is 7.89. The largest absolute Gasteiger partial charge is 0.465 e.